The summed E-state index contributed by atoms with van der Waals surface area (Å²) in [5.74, 6) is 1.09. The molecule has 3 aliphatic rings. The van der Waals surface area contributed by atoms with Crippen molar-refractivity contribution in [2.75, 3.05) is 26.3 Å². The maximum Gasteiger partial charge on any atom is 0.227 e. The summed E-state index contributed by atoms with van der Waals surface area (Å²) in [5.41, 5.74) is 1.24. The molecule has 30 heavy (non-hydrogen) atoms. The van der Waals surface area contributed by atoms with Crippen molar-refractivity contribution in [1.29, 1.82) is 0 Å². The van der Waals surface area contributed by atoms with Gasteiger partial charge in [-0.05, 0) is 68.5 Å². The molecule has 2 aromatic heterocycles. The smallest absolute Gasteiger partial charge is 0.227 e. The quantitative estimate of drug-likeness (QED) is 0.631. The van der Waals surface area contributed by atoms with E-state index in [4.69, 9.17) is 21.1 Å². The Hall–Kier alpha value is -1.28. The van der Waals surface area contributed by atoms with Gasteiger partial charge in [0, 0.05) is 30.4 Å². The molecule has 0 N–H and O–H groups in total. The van der Waals surface area contributed by atoms with Gasteiger partial charge in [-0.1, -0.05) is 0 Å². The van der Waals surface area contributed by atoms with E-state index in [9.17, 15) is 4.79 Å². The molecule has 0 aromatic carbocycles. The van der Waals surface area contributed by atoms with Gasteiger partial charge in [0.25, 0.3) is 0 Å². The van der Waals surface area contributed by atoms with Gasteiger partial charge in [0.1, 0.15) is 16.7 Å². The van der Waals surface area contributed by atoms with Crippen LogP contribution in [0.4, 0.5) is 0 Å². The number of hydrogen-bond donors (Lipinski definition) is 0. The van der Waals surface area contributed by atoms with Gasteiger partial charge in [-0.15, -0.1) is 11.3 Å². The standard InChI is InChI=1S/C22H28ClN3O3S/c1-13(27)12-14-2-7-17-18(14)19-20(24-22(23)25-21(19)30-17)29-16-5-3-15(4-6-16)26-8-10-28-11-9-26/h14-16H,2-12H2,1H3/t14-,15-,16-/m1/s1. The van der Waals surface area contributed by atoms with E-state index in [1.165, 1.54) is 10.4 Å². The average molecular weight is 450 g/mol. The zero-order valence-electron chi connectivity index (χ0n) is 17.4. The van der Waals surface area contributed by atoms with Crippen LogP contribution in [0.2, 0.25) is 5.28 Å². The van der Waals surface area contributed by atoms with E-state index >= 15 is 0 Å². The van der Waals surface area contributed by atoms with Crippen LogP contribution in [0.15, 0.2) is 0 Å². The Morgan fingerprint density at radius 3 is 2.70 bits per heavy atom. The van der Waals surface area contributed by atoms with E-state index in [0.717, 1.165) is 75.0 Å². The summed E-state index contributed by atoms with van der Waals surface area (Å²) in [7, 11) is 0. The van der Waals surface area contributed by atoms with Crippen LogP contribution in [-0.2, 0) is 16.0 Å². The van der Waals surface area contributed by atoms with Gasteiger partial charge in [-0.25, -0.2) is 4.98 Å². The first-order chi connectivity index (χ1) is 14.6. The third-order valence-electron chi connectivity index (χ3n) is 6.75. The molecule has 3 heterocycles. The van der Waals surface area contributed by atoms with Crippen LogP contribution in [0.1, 0.15) is 61.8 Å². The average Bonchev–Trinajstić information content (AvgIpc) is 3.28. The molecule has 0 spiro atoms. The number of nitrogens with zero attached hydrogens (tertiary/aromatic N) is 3. The summed E-state index contributed by atoms with van der Waals surface area (Å²) in [6.45, 7) is 5.44. The zero-order valence-corrected chi connectivity index (χ0v) is 18.9. The van der Waals surface area contributed by atoms with Crippen molar-refractivity contribution in [1.82, 2.24) is 14.9 Å². The fraction of sp³-hybridized carbons (Fsp3) is 0.682. The Bertz CT molecular complexity index is 935. The summed E-state index contributed by atoms with van der Waals surface area (Å²) in [6, 6.07) is 0.632. The van der Waals surface area contributed by atoms with Gasteiger partial charge in [0.2, 0.25) is 11.2 Å². The van der Waals surface area contributed by atoms with E-state index in [1.807, 2.05) is 0 Å². The predicted octanol–water partition coefficient (Wildman–Crippen LogP) is 4.38. The molecule has 0 amide bonds. The molecule has 2 aromatic rings. The van der Waals surface area contributed by atoms with Crippen LogP contribution >= 0.6 is 22.9 Å². The second kappa shape index (κ2) is 8.69. The molecule has 0 unspecified atom stereocenters. The number of hydrogen-bond acceptors (Lipinski definition) is 7. The van der Waals surface area contributed by atoms with Gasteiger partial charge < -0.3 is 14.3 Å². The number of ketones is 1. The van der Waals surface area contributed by atoms with Gasteiger partial charge >= 0.3 is 0 Å². The van der Waals surface area contributed by atoms with Gasteiger partial charge in [-0.2, -0.15) is 4.98 Å². The monoisotopic (exact) mass is 449 g/mol. The molecular weight excluding hydrogens is 422 g/mol. The van der Waals surface area contributed by atoms with E-state index < -0.39 is 0 Å². The molecule has 6 nitrogen and oxygen atoms in total. The lowest BCUT2D eigenvalue weighted by Gasteiger charge is -2.38. The Labute approximate surface area is 185 Å². The fourth-order valence-electron chi connectivity index (χ4n) is 5.34. The number of halogens is 1. The van der Waals surface area contributed by atoms with Crippen LogP contribution in [0, 0.1) is 0 Å². The summed E-state index contributed by atoms with van der Waals surface area (Å²) < 4.78 is 12.0. The highest BCUT2D eigenvalue weighted by molar-refractivity contribution is 7.19. The molecule has 1 saturated carbocycles. The first-order valence-corrected chi connectivity index (χ1v) is 12.2. The normalized spacial score (nSPS) is 27.3. The van der Waals surface area contributed by atoms with Crippen molar-refractivity contribution in [3.05, 3.63) is 15.7 Å². The number of aromatic nitrogens is 2. The van der Waals surface area contributed by atoms with E-state index in [0.29, 0.717) is 18.3 Å². The number of Topliss-reactive ketones (excluding diaryl/α,β-unsaturated/α-hetero) is 1. The Morgan fingerprint density at radius 1 is 1.20 bits per heavy atom. The minimum Gasteiger partial charge on any atom is -0.474 e. The number of carbonyl (C=O) groups excluding carboxylic acids is 1. The summed E-state index contributed by atoms with van der Waals surface area (Å²) in [6.07, 6.45) is 7.07. The highest BCUT2D eigenvalue weighted by Gasteiger charge is 2.33. The molecule has 2 aliphatic carbocycles. The SMILES string of the molecule is CC(=O)C[C@H]1CCc2sc3nc(Cl)nc(O[C@H]4CC[C@H](N5CCOCC5)CC4)c3c21. The van der Waals surface area contributed by atoms with Crippen molar-refractivity contribution in [3.63, 3.8) is 0 Å². The summed E-state index contributed by atoms with van der Waals surface area (Å²) in [4.78, 5) is 25.5. The molecule has 162 valence electrons. The van der Waals surface area contributed by atoms with E-state index in [-0.39, 0.29) is 23.1 Å². The molecule has 1 atom stereocenters. The topological polar surface area (TPSA) is 64.5 Å². The molecule has 1 aliphatic heterocycles. The van der Waals surface area contributed by atoms with Crippen LogP contribution in [-0.4, -0.2) is 59.1 Å². The number of aryl methyl sites for hydroxylation is 1. The molecule has 0 radical (unpaired) electrons. The first-order valence-electron chi connectivity index (χ1n) is 11.0. The number of carbonyl (C=O) groups is 1. The highest BCUT2D eigenvalue weighted by atomic mass is 35.5. The predicted molar refractivity (Wildman–Crippen MR) is 118 cm³/mol. The third-order valence-corrected chi connectivity index (χ3v) is 8.08. The zero-order chi connectivity index (χ0) is 20.7. The lowest BCUT2D eigenvalue weighted by atomic mass is 9.91. The van der Waals surface area contributed by atoms with Crippen LogP contribution in [0.3, 0.4) is 0 Å². The Morgan fingerprint density at radius 2 is 1.97 bits per heavy atom. The van der Waals surface area contributed by atoms with Crippen molar-refractivity contribution in [3.8, 4) is 5.88 Å². The third kappa shape index (κ3) is 4.09. The second-order valence-corrected chi connectivity index (χ2v) is 10.2. The van der Waals surface area contributed by atoms with Crippen LogP contribution < -0.4 is 4.74 Å². The maximum atomic E-state index is 11.8. The van der Waals surface area contributed by atoms with Gasteiger partial charge in [0.05, 0.1) is 18.6 Å². The van der Waals surface area contributed by atoms with Crippen LogP contribution in [0.5, 0.6) is 5.88 Å². The van der Waals surface area contributed by atoms with Crippen molar-refractivity contribution < 1.29 is 14.3 Å². The second-order valence-electron chi connectivity index (χ2n) is 8.76. The fourth-order valence-corrected chi connectivity index (χ4v) is 6.82. The van der Waals surface area contributed by atoms with Crippen molar-refractivity contribution >= 4 is 38.9 Å². The molecule has 8 heteroatoms. The number of thiophene rings is 1. The Balaban J connectivity index is 1.35. The number of morpholine rings is 1. The molecule has 5 rings (SSSR count). The lowest BCUT2D eigenvalue weighted by molar-refractivity contribution is -0.117. The number of fused-ring (bicyclic) bond motifs is 3. The minimum atomic E-state index is 0.152. The van der Waals surface area contributed by atoms with Gasteiger partial charge in [0.15, 0.2) is 0 Å². The minimum absolute atomic E-state index is 0.152. The van der Waals surface area contributed by atoms with E-state index in [1.54, 1.807) is 18.3 Å². The summed E-state index contributed by atoms with van der Waals surface area (Å²) in [5, 5.41) is 1.24. The largest absolute Gasteiger partial charge is 0.474 e. The molecular formula is C22H28ClN3O3S. The maximum absolute atomic E-state index is 11.8. The molecule has 0 bridgehead atoms. The number of ether oxygens (including phenoxy) is 2. The lowest BCUT2D eigenvalue weighted by Crippen LogP contribution is -2.46. The van der Waals surface area contributed by atoms with Crippen molar-refractivity contribution in [2.24, 2.45) is 0 Å². The van der Waals surface area contributed by atoms with E-state index in [2.05, 4.69) is 14.9 Å². The highest BCUT2D eigenvalue weighted by Crippen LogP contribution is 2.48. The number of rotatable bonds is 5. The Kier molecular flexibility index (Phi) is 5.97. The van der Waals surface area contributed by atoms with Crippen molar-refractivity contribution in [2.45, 2.75) is 69.9 Å². The summed E-state index contributed by atoms with van der Waals surface area (Å²) >= 11 is 7.92. The van der Waals surface area contributed by atoms with Crippen LogP contribution in [0.25, 0.3) is 10.2 Å². The molecule has 2 fully saturated rings. The molecule has 1 saturated heterocycles. The van der Waals surface area contributed by atoms with Gasteiger partial charge in [-0.3, -0.25) is 4.90 Å². The first kappa shape index (κ1) is 20.6.